The summed E-state index contributed by atoms with van der Waals surface area (Å²) in [6.45, 7) is 6.76. The Labute approximate surface area is 174 Å². The van der Waals surface area contributed by atoms with E-state index in [9.17, 15) is 18.0 Å². The molecule has 0 aromatic heterocycles. The summed E-state index contributed by atoms with van der Waals surface area (Å²) >= 11 is 0. The maximum Gasteiger partial charge on any atom is 0.416 e. The summed E-state index contributed by atoms with van der Waals surface area (Å²) in [4.78, 5) is 15.8. The molecule has 3 rings (SSSR count). The number of alkyl halides is 3. The van der Waals surface area contributed by atoms with E-state index in [0.717, 1.165) is 11.0 Å². The molecule has 2 aromatic carbocycles. The van der Waals surface area contributed by atoms with Crippen molar-refractivity contribution in [1.82, 2.24) is 0 Å². The number of amides is 1. The molecule has 1 heterocycles. The summed E-state index contributed by atoms with van der Waals surface area (Å²) in [7, 11) is 0. The molecule has 0 spiro atoms. The van der Waals surface area contributed by atoms with Gasteiger partial charge in [-0.1, -0.05) is 18.2 Å². The highest BCUT2D eigenvalue weighted by atomic mass is 19.4. The Morgan fingerprint density at radius 3 is 2.53 bits per heavy atom. The molecule has 1 saturated heterocycles. The molecule has 1 aliphatic heterocycles. The van der Waals surface area contributed by atoms with Crippen molar-refractivity contribution in [3.05, 3.63) is 54.1 Å². The first kappa shape index (κ1) is 22.0. The molecule has 1 fully saturated rings. The molecule has 0 bridgehead atoms. The topological polar surface area (TPSA) is 46.0 Å². The van der Waals surface area contributed by atoms with Gasteiger partial charge >= 0.3 is 6.18 Å². The lowest BCUT2D eigenvalue weighted by Gasteiger charge is -2.36. The molecular formula is C22H27F3N3O2+. The van der Waals surface area contributed by atoms with Gasteiger partial charge in [0.05, 0.1) is 44.0 Å². The standard InChI is InChI=1S/C22H26F3N3O2/c1-3-30-20-10-5-4-9-19(20)26-21(29)16(2)27-11-13-28(14-12-27)18-8-6-7-17(15-18)22(23,24)25/h4-10,15-16H,3,11-14H2,1-2H3,(H,26,29)/p+1/t16-/m0/s1. The van der Waals surface area contributed by atoms with Gasteiger partial charge in [-0.2, -0.15) is 13.2 Å². The lowest BCUT2D eigenvalue weighted by atomic mass is 10.1. The smallest absolute Gasteiger partial charge is 0.416 e. The van der Waals surface area contributed by atoms with Crippen molar-refractivity contribution in [1.29, 1.82) is 0 Å². The van der Waals surface area contributed by atoms with Gasteiger partial charge in [0, 0.05) is 5.69 Å². The second-order valence-corrected chi connectivity index (χ2v) is 7.33. The summed E-state index contributed by atoms with van der Waals surface area (Å²) in [6, 6.07) is 12.4. The third-order valence-corrected chi connectivity index (χ3v) is 5.39. The van der Waals surface area contributed by atoms with E-state index in [-0.39, 0.29) is 11.9 Å². The van der Waals surface area contributed by atoms with Gasteiger partial charge < -0.3 is 19.9 Å². The van der Waals surface area contributed by atoms with E-state index in [2.05, 4.69) is 5.32 Å². The van der Waals surface area contributed by atoms with Gasteiger partial charge in [0.15, 0.2) is 6.04 Å². The number of hydrogen-bond donors (Lipinski definition) is 2. The van der Waals surface area contributed by atoms with Crippen LogP contribution >= 0.6 is 0 Å². The second-order valence-electron chi connectivity index (χ2n) is 7.33. The van der Waals surface area contributed by atoms with E-state index >= 15 is 0 Å². The van der Waals surface area contributed by atoms with Gasteiger partial charge in [0.1, 0.15) is 5.75 Å². The summed E-state index contributed by atoms with van der Waals surface area (Å²) in [5.41, 5.74) is 0.556. The van der Waals surface area contributed by atoms with E-state index in [1.165, 1.54) is 12.1 Å². The number of nitrogens with one attached hydrogen (secondary N) is 2. The maximum atomic E-state index is 13.0. The van der Waals surface area contributed by atoms with Crippen molar-refractivity contribution in [2.45, 2.75) is 26.1 Å². The van der Waals surface area contributed by atoms with Gasteiger partial charge in [0.2, 0.25) is 0 Å². The highest BCUT2D eigenvalue weighted by Crippen LogP contribution is 2.31. The fourth-order valence-electron chi connectivity index (χ4n) is 3.64. The monoisotopic (exact) mass is 422 g/mol. The fraction of sp³-hybridized carbons (Fsp3) is 0.409. The maximum absolute atomic E-state index is 13.0. The van der Waals surface area contributed by atoms with Crippen molar-refractivity contribution in [3.63, 3.8) is 0 Å². The van der Waals surface area contributed by atoms with Crippen LogP contribution in [0.1, 0.15) is 19.4 Å². The summed E-state index contributed by atoms with van der Waals surface area (Å²) in [6.07, 6.45) is -4.35. The van der Waals surface area contributed by atoms with Gasteiger partial charge in [-0.25, -0.2) is 0 Å². The quantitative estimate of drug-likeness (QED) is 0.753. The number of rotatable bonds is 6. The van der Waals surface area contributed by atoms with Crippen LogP contribution in [-0.4, -0.2) is 44.7 Å². The number of para-hydroxylation sites is 2. The molecule has 1 aliphatic rings. The fourth-order valence-corrected chi connectivity index (χ4v) is 3.64. The number of ether oxygens (including phenoxy) is 1. The third-order valence-electron chi connectivity index (χ3n) is 5.39. The highest BCUT2D eigenvalue weighted by Gasteiger charge is 2.32. The predicted octanol–water partition coefficient (Wildman–Crippen LogP) is 2.84. The summed E-state index contributed by atoms with van der Waals surface area (Å²) in [5, 5.41) is 2.94. The first-order chi connectivity index (χ1) is 14.3. The van der Waals surface area contributed by atoms with Gasteiger partial charge in [-0.05, 0) is 44.2 Å². The number of benzene rings is 2. The van der Waals surface area contributed by atoms with Crippen LogP contribution in [0.25, 0.3) is 0 Å². The zero-order valence-electron chi connectivity index (χ0n) is 17.1. The van der Waals surface area contributed by atoms with Crippen LogP contribution in [0.2, 0.25) is 0 Å². The number of nitrogens with zero attached hydrogens (tertiary/aromatic N) is 1. The number of carbonyl (C=O) groups is 1. The average molecular weight is 422 g/mol. The number of piperazine rings is 1. The Balaban J connectivity index is 1.59. The van der Waals surface area contributed by atoms with Gasteiger partial charge in [-0.15, -0.1) is 0 Å². The molecule has 5 nitrogen and oxygen atoms in total. The van der Waals surface area contributed by atoms with Crippen LogP contribution in [0.4, 0.5) is 24.5 Å². The van der Waals surface area contributed by atoms with Crippen LogP contribution < -0.4 is 19.9 Å². The Hall–Kier alpha value is -2.74. The van der Waals surface area contributed by atoms with E-state index in [4.69, 9.17) is 4.74 Å². The Morgan fingerprint density at radius 2 is 1.87 bits per heavy atom. The molecule has 30 heavy (non-hydrogen) atoms. The van der Waals surface area contributed by atoms with Crippen LogP contribution in [-0.2, 0) is 11.0 Å². The Kier molecular flexibility index (Phi) is 6.87. The van der Waals surface area contributed by atoms with Gasteiger partial charge in [0.25, 0.3) is 5.91 Å². The summed E-state index contributed by atoms with van der Waals surface area (Å²) < 4.78 is 44.5. The third kappa shape index (κ3) is 5.24. The van der Waals surface area contributed by atoms with Crippen molar-refractivity contribution >= 4 is 17.3 Å². The minimum atomic E-state index is -4.35. The molecule has 1 atom stereocenters. The normalized spacial score (nSPS) is 16.2. The average Bonchev–Trinajstić information content (AvgIpc) is 2.74. The number of halogens is 3. The molecule has 0 unspecified atom stereocenters. The number of carbonyl (C=O) groups excluding carboxylic acids is 1. The van der Waals surface area contributed by atoms with Crippen LogP contribution in [0.15, 0.2) is 48.5 Å². The molecule has 8 heteroatoms. The minimum absolute atomic E-state index is 0.107. The zero-order chi connectivity index (χ0) is 21.7. The van der Waals surface area contributed by atoms with Crippen LogP contribution in [0.5, 0.6) is 5.75 Å². The lowest BCUT2D eigenvalue weighted by Crippen LogP contribution is -3.19. The first-order valence-electron chi connectivity index (χ1n) is 10.1. The Morgan fingerprint density at radius 1 is 1.17 bits per heavy atom. The highest BCUT2D eigenvalue weighted by molar-refractivity contribution is 5.94. The molecule has 0 saturated carbocycles. The lowest BCUT2D eigenvalue weighted by molar-refractivity contribution is -0.914. The SMILES string of the molecule is CCOc1ccccc1NC(=O)[C@H](C)[NH+]1CCN(c2cccc(C(F)(F)F)c2)CC1. The van der Waals surface area contributed by atoms with Crippen molar-refractivity contribution in [3.8, 4) is 5.75 Å². The predicted molar refractivity (Wildman–Crippen MR) is 110 cm³/mol. The zero-order valence-corrected chi connectivity index (χ0v) is 17.1. The molecule has 162 valence electrons. The molecule has 1 amide bonds. The van der Waals surface area contributed by atoms with Gasteiger partial charge in [-0.3, -0.25) is 4.79 Å². The molecule has 0 radical (unpaired) electrons. The van der Waals surface area contributed by atoms with Crippen LogP contribution in [0.3, 0.4) is 0 Å². The number of quaternary nitrogens is 1. The molecule has 0 aliphatic carbocycles. The van der Waals surface area contributed by atoms with Crippen molar-refractivity contribution in [2.24, 2.45) is 0 Å². The van der Waals surface area contributed by atoms with Crippen molar-refractivity contribution < 1.29 is 27.6 Å². The molecule has 2 N–H and O–H groups in total. The number of hydrogen-bond acceptors (Lipinski definition) is 3. The van der Waals surface area contributed by atoms with E-state index < -0.39 is 11.7 Å². The first-order valence-corrected chi connectivity index (χ1v) is 10.1. The molecule has 2 aromatic rings. The van der Waals surface area contributed by atoms with E-state index in [1.807, 2.05) is 36.9 Å². The number of anilines is 2. The van der Waals surface area contributed by atoms with E-state index in [1.54, 1.807) is 12.1 Å². The molecular weight excluding hydrogens is 395 g/mol. The van der Waals surface area contributed by atoms with E-state index in [0.29, 0.717) is 49.9 Å². The summed E-state index contributed by atoms with van der Waals surface area (Å²) in [5.74, 6) is 0.523. The minimum Gasteiger partial charge on any atom is -0.492 e. The largest absolute Gasteiger partial charge is 0.492 e. The van der Waals surface area contributed by atoms with Crippen molar-refractivity contribution in [2.75, 3.05) is 43.0 Å². The second kappa shape index (κ2) is 9.38. The Bertz CT molecular complexity index is 865. The van der Waals surface area contributed by atoms with Crippen LogP contribution in [0, 0.1) is 0 Å².